The van der Waals surface area contributed by atoms with E-state index in [1.807, 2.05) is 0 Å². The molecular weight excluding hydrogens is 790 g/mol. The molecule has 0 radical (unpaired) electrons. The summed E-state index contributed by atoms with van der Waals surface area (Å²) in [5.74, 6) is -5.77. The van der Waals surface area contributed by atoms with E-state index < -0.39 is 75.1 Å². The maximum absolute atomic E-state index is 13.5. The van der Waals surface area contributed by atoms with E-state index in [-0.39, 0.29) is 40.6 Å². The Morgan fingerprint density at radius 2 is 0.750 bits per heavy atom. The van der Waals surface area contributed by atoms with Crippen molar-refractivity contribution in [2.24, 2.45) is 0 Å². The molecule has 0 unspecified atom stereocenters. The van der Waals surface area contributed by atoms with Crippen LogP contribution in [0.2, 0.25) is 0 Å². The third-order valence-electron chi connectivity index (χ3n) is 7.14. The quantitative estimate of drug-likeness (QED) is 0.309. The Bertz CT molecular complexity index is 1500. The Morgan fingerprint density at radius 1 is 0.500 bits per heavy atom. The van der Waals surface area contributed by atoms with E-state index in [4.69, 9.17) is 18.4 Å². The summed E-state index contributed by atoms with van der Waals surface area (Å²) in [6.07, 6.45) is 0. The zero-order chi connectivity index (χ0) is 32.4. The number of rotatable bonds is 6. The van der Waals surface area contributed by atoms with E-state index >= 15 is 0 Å². The van der Waals surface area contributed by atoms with Crippen molar-refractivity contribution >= 4 is 82.2 Å². The predicted octanol–water partition coefficient (Wildman–Crippen LogP) is 1.97. The van der Waals surface area contributed by atoms with Gasteiger partial charge in [-0.3, -0.25) is 0 Å². The van der Waals surface area contributed by atoms with Crippen molar-refractivity contribution in [1.82, 2.24) is 0 Å². The van der Waals surface area contributed by atoms with Gasteiger partial charge in [-0.25, -0.2) is 0 Å². The molecule has 44 heavy (non-hydrogen) atoms. The third kappa shape index (κ3) is 6.45. The molecule has 0 bridgehead atoms. The number of hydrogen-bond acceptors (Lipinski definition) is 12. The Kier molecular flexibility index (Phi) is 9.73. The van der Waals surface area contributed by atoms with Gasteiger partial charge in [0.05, 0.1) is 0 Å². The Morgan fingerprint density at radius 3 is 1.00 bits per heavy atom. The van der Waals surface area contributed by atoms with Crippen LogP contribution in [0.25, 0.3) is 0 Å². The Balaban J connectivity index is 1.70. The van der Waals surface area contributed by atoms with Crippen LogP contribution in [0.4, 0.5) is 0 Å². The molecule has 228 valence electrons. The number of hydrogen-bond donors (Lipinski definition) is 0. The van der Waals surface area contributed by atoms with Gasteiger partial charge in [-0.1, -0.05) is 0 Å². The number of benzene rings is 2. The molecule has 2 aliphatic heterocycles. The first-order valence-electron chi connectivity index (χ1n) is 13.2. The van der Waals surface area contributed by atoms with Crippen molar-refractivity contribution in [3.05, 3.63) is 94.1 Å². The second-order valence-electron chi connectivity index (χ2n) is 9.93. The van der Waals surface area contributed by atoms with Crippen LogP contribution in [-0.2, 0) is 47.2 Å². The van der Waals surface area contributed by atoms with Crippen LogP contribution in [-0.4, -0.2) is 75.1 Å². The molecular formula is C30H28O12Sn2. The van der Waals surface area contributed by atoms with E-state index in [1.54, 1.807) is 36.4 Å². The second-order valence-corrected chi connectivity index (χ2v) is 23.1. The number of carbonyl (C=O) groups is 6. The zero-order valence-electron chi connectivity index (χ0n) is 24.7. The normalized spacial score (nSPS) is 18.5. The Labute approximate surface area is 263 Å². The summed E-state index contributed by atoms with van der Waals surface area (Å²) in [5.41, 5.74) is -0.577. The molecule has 0 N–H and O–H groups in total. The van der Waals surface area contributed by atoms with Crippen LogP contribution in [0.1, 0.15) is 41.5 Å². The minimum absolute atomic E-state index is 0.00116. The van der Waals surface area contributed by atoms with Gasteiger partial charge in [-0.2, -0.15) is 0 Å². The Hall–Kier alpha value is -3.92. The van der Waals surface area contributed by atoms with Crippen LogP contribution in [0, 0.1) is 0 Å². The van der Waals surface area contributed by atoms with Crippen LogP contribution >= 0.6 is 0 Å². The van der Waals surface area contributed by atoms with Gasteiger partial charge < -0.3 is 0 Å². The van der Waals surface area contributed by atoms with E-state index in [2.05, 4.69) is 0 Å². The summed E-state index contributed by atoms with van der Waals surface area (Å²) in [6.45, 7) is 8.06. The van der Waals surface area contributed by atoms with Crippen molar-refractivity contribution in [3.63, 3.8) is 0 Å². The molecule has 12 nitrogen and oxygen atoms in total. The maximum atomic E-state index is 13.5. The number of carbonyl (C=O) groups excluding carboxylic acids is 6. The molecule has 0 saturated carbocycles. The average Bonchev–Trinajstić information content (AvgIpc) is 3.15. The first-order chi connectivity index (χ1) is 20.7. The fourth-order valence-electron chi connectivity index (χ4n) is 3.87. The third-order valence-corrected chi connectivity index (χ3v) is 20.9. The molecule has 0 aromatic heterocycles. The molecule has 2 aromatic carbocycles. The van der Waals surface area contributed by atoms with Gasteiger partial charge in [0, 0.05) is 0 Å². The molecule has 4 rings (SSSR count). The SMILES string of the molecule is CC1=C(C)C(=O)[O][Sn]([O]C(=O)/C(C)=C(/C)C(=O)[O][Sn]2([c]3ccccc3)[O]C(=O)C(C)=C(C)C(=O)[O]2)([c]2ccccc2)[O]C1=O. The zero-order valence-corrected chi connectivity index (χ0v) is 30.4. The second kappa shape index (κ2) is 13.0. The average molecular weight is 818 g/mol. The standard InChI is InChI=1S/3C6H8O4.2C6H5.2Sn/c3*1-3(5(7)8)4(2)6(9)10;2*1-2-4-6-5-3-1;;/h3*1-2H3,(H,7,8)(H,9,10);2*1-5H;;/q;;;;;2*+3/p-6/b4-3-;;;;;;. The van der Waals surface area contributed by atoms with Crippen molar-refractivity contribution in [3.8, 4) is 0 Å². The van der Waals surface area contributed by atoms with E-state index in [0.717, 1.165) is 0 Å². The topological polar surface area (TPSA) is 158 Å². The van der Waals surface area contributed by atoms with Crippen molar-refractivity contribution < 1.29 is 47.2 Å². The summed E-state index contributed by atoms with van der Waals surface area (Å²) >= 11 is -11.2. The van der Waals surface area contributed by atoms with E-state index in [9.17, 15) is 28.8 Å². The van der Waals surface area contributed by atoms with Gasteiger partial charge in [-0.15, -0.1) is 0 Å². The molecule has 2 heterocycles. The molecule has 2 aromatic rings. The fourth-order valence-corrected chi connectivity index (χ4v) is 16.8. The molecule has 0 spiro atoms. The first kappa shape index (κ1) is 33.0. The van der Waals surface area contributed by atoms with Gasteiger partial charge in [0.15, 0.2) is 0 Å². The van der Waals surface area contributed by atoms with Gasteiger partial charge in [0.25, 0.3) is 0 Å². The molecule has 0 saturated heterocycles. The predicted molar refractivity (Wildman–Crippen MR) is 155 cm³/mol. The van der Waals surface area contributed by atoms with Gasteiger partial charge in [0.2, 0.25) is 0 Å². The van der Waals surface area contributed by atoms with Crippen LogP contribution in [0.3, 0.4) is 0 Å². The summed E-state index contributed by atoms with van der Waals surface area (Å²) in [5, 5.41) is 0. The summed E-state index contributed by atoms with van der Waals surface area (Å²) in [6, 6.07) is 15.7. The van der Waals surface area contributed by atoms with Gasteiger partial charge in [-0.05, 0) is 0 Å². The van der Waals surface area contributed by atoms with Crippen LogP contribution in [0.5, 0.6) is 0 Å². The van der Waals surface area contributed by atoms with E-state index in [1.165, 1.54) is 65.8 Å². The molecule has 14 heteroatoms. The minimum atomic E-state index is -5.58. The first-order valence-corrected chi connectivity index (χ1v) is 23.1. The molecule has 0 aliphatic carbocycles. The molecule has 0 fully saturated rings. The fraction of sp³-hybridized carbons (Fsp3) is 0.200. The summed E-state index contributed by atoms with van der Waals surface area (Å²) < 4.78 is 34.4. The summed E-state index contributed by atoms with van der Waals surface area (Å²) in [7, 11) is 0. The van der Waals surface area contributed by atoms with Crippen molar-refractivity contribution in [2.75, 3.05) is 0 Å². The molecule has 0 atom stereocenters. The van der Waals surface area contributed by atoms with Crippen molar-refractivity contribution in [2.45, 2.75) is 41.5 Å². The molecule has 2 aliphatic rings. The van der Waals surface area contributed by atoms with Crippen molar-refractivity contribution in [1.29, 1.82) is 0 Å². The van der Waals surface area contributed by atoms with Crippen LogP contribution in [0.15, 0.2) is 94.1 Å². The van der Waals surface area contributed by atoms with Gasteiger partial charge in [0.1, 0.15) is 0 Å². The summed E-state index contributed by atoms with van der Waals surface area (Å²) in [4.78, 5) is 78.5. The van der Waals surface area contributed by atoms with Crippen LogP contribution < -0.4 is 7.16 Å². The van der Waals surface area contributed by atoms with Gasteiger partial charge >= 0.3 is 265 Å². The monoisotopic (exact) mass is 820 g/mol. The van der Waals surface area contributed by atoms with E-state index in [0.29, 0.717) is 0 Å². The molecule has 0 amide bonds.